The number of hydrogen-bond acceptors (Lipinski definition) is 0. The summed E-state index contributed by atoms with van der Waals surface area (Å²) < 4.78 is 0. The molecule has 0 rings (SSSR count). The van der Waals surface area contributed by atoms with Gasteiger partial charge >= 0.3 is 0 Å². The molecule has 0 nitrogen and oxygen atoms in total. The van der Waals surface area contributed by atoms with E-state index in [-0.39, 0.29) is 10.8 Å². The standard InChI is InChI=1S/C12H18/c1-7-8-9-10-12(5,6)11(2,3)4/h1-6H3. The second-order valence-electron chi connectivity index (χ2n) is 4.50. The van der Waals surface area contributed by atoms with Gasteiger partial charge < -0.3 is 0 Å². The normalized spacial score (nSPS) is 10.8. The molecule has 0 aromatic rings. The molecule has 0 saturated carbocycles. The fraction of sp³-hybridized carbons (Fsp3) is 0.667. The van der Waals surface area contributed by atoms with E-state index >= 15 is 0 Å². The Morgan fingerprint density at radius 2 is 1.33 bits per heavy atom. The third-order valence-corrected chi connectivity index (χ3v) is 2.44. The topological polar surface area (TPSA) is 0 Å². The van der Waals surface area contributed by atoms with E-state index in [1.807, 2.05) is 0 Å². The average molecular weight is 162 g/mol. The van der Waals surface area contributed by atoms with Crippen LogP contribution in [-0.4, -0.2) is 0 Å². The average Bonchev–Trinajstić information content (AvgIpc) is 1.85. The fourth-order valence-corrected chi connectivity index (χ4v) is 0.438. The van der Waals surface area contributed by atoms with Gasteiger partial charge in [0.25, 0.3) is 0 Å². The first kappa shape index (κ1) is 11.1. The first-order valence-corrected chi connectivity index (χ1v) is 4.25. The summed E-state index contributed by atoms with van der Waals surface area (Å²) in [5.41, 5.74) is 0.228. The molecule has 66 valence electrons. The lowest BCUT2D eigenvalue weighted by atomic mass is 9.70. The van der Waals surface area contributed by atoms with Gasteiger partial charge in [0.05, 0.1) is 0 Å². The van der Waals surface area contributed by atoms with Gasteiger partial charge in [-0.2, -0.15) is 0 Å². The van der Waals surface area contributed by atoms with Crippen LogP contribution in [0.25, 0.3) is 0 Å². The zero-order valence-electron chi connectivity index (χ0n) is 9.00. The lowest BCUT2D eigenvalue weighted by molar-refractivity contribution is 0.205. The van der Waals surface area contributed by atoms with Crippen LogP contribution in [0.15, 0.2) is 0 Å². The molecule has 12 heavy (non-hydrogen) atoms. The highest BCUT2D eigenvalue weighted by molar-refractivity contribution is 5.28. The van der Waals surface area contributed by atoms with Crippen LogP contribution in [-0.2, 0) is 0 Å². The summed E-state index contributed by atoms with van der Waals surface area (Å²) in [6, 6.07) is 0. The summed E-state index contributed by atoms with van der Waals surface area (Å²) in [6.45, 7) is 12.7. The maximum atomic E-state index is 3.18. The summed E-state index contributed by atoms with van der Waals surface area (Å²) in [5, 5.41) is 0. The molecular weight excluding hydrogens is 144 g/mol. The Hall–Kier alpha value is -0.880. The predicted octanol–water partition coefficient (Wildman–Crippen LogP) is 3.09. The third-order valence-electron chi connectivity index (χ3n) is 2.44. The van der Waals surface area contributed by atoms with Gasteiger partial charge in [-0.1, -0.05) is 32.6 Å². The first-order chi connectivity index (χ1) is 5.31. The van der Waals surface area contributed by atoms with Crippen molar-refractivity contribution >= 4 is 0 Å². The van der Waals surface area contributed by atoms with Crippen LogP contribution in [0.5, 0.6) is 0 Å². The molecule has 0 unspecified atom stereocenters. The molecule has 0 saturated heterocycles. The molecule has 0 amide bonds. The van der Waals surface area contributed by atoms with E-state index in [9.17, 15) is 0 Å². The van der Waals surface area contributed by atoms with Crippen LogP contribution in [0.4, 0.5) is 0 Å². The molecule has 0 bridgehead atoms. The van der Waals surface area contributed by atoms with Crippen molar-refractivity contribution in [2.24, 2.45) is 10.8 Å². The Bertz CT molecular complexity index is 252. The Labute approximate surface area is 76.8 Å². The van der Waals surface area contributed by atoms with Gasteiger partial charge in [-0.3, -0.25) is 0 Å². The van der Waals surface area contributed by atoms with E-state index < -0.39 is 0 Å². The molecule has 0 heteroatoms. The molecular formula is C12H18. The fourth-order valence-electron chi connectivity index (χ4n) is 0.438. The largest absolute Gasteiger partial charge is 0.0925 e. The van der Waals surface area contributed by atoms with Gasteiger partial charge in [0, 0.05) is 5.41 Å². The van der Waals surface area contributed by atoms with Gasteiger partial charge in [-0.05, 0) is 38.0 Å². The van der Waals surface area contributed by atoms with Crippen molar-refractivity contribution in [2.75, 3.05) is 0 Å². The Kier molecular flexibility index (Phi) is 3.41. The van der Waals surface area contributed by atoms with Crippen molar-refractivity contribution in [2.45, 2.75) is 41.5 Å². The van der Waals surface area contributed by atoms with E-state index in [1.165, 1.54) is 0 Å². The Morgan fingerprint density at radius 3 is 1.67 bits per heavy atom. The molecule has 0 aliphatic rings. The molecule has 0 aromatic heterocycles. The maximum absolute atomic E-state index is 3.18. The van der Waals surface area contributed by atoms with Crippen LogP contribution < -0.4 is 0 Å². The van der Waals surface area contributed by atoms with Gasteiger partial charge in [0.1, 0.15) is 0 Å². The van der Waals surface area contributed by atoms with Crippen molar-refractivity contribution in [3.05, 3.63) is 0 Å². The highest BCUT2D eigenvalue weighted by Crippen LogP contribution is 2.36. The van der Waals surface area contributed by atoms with Crippen LogP contribution in [0.3, 0.4) is 0 Å². The van der Waals surface area contributed by atoms with Crippen LogP contribution in [0.1, 0.15) is 41.5 Å². The Morgan fingerprint density at radius 1 is 0.833 bits per heavy atom. The molecule has 0 aromatic carbocycles. The highest BCUT2D eigenvalue weighted by Gasteiger charge is 2.30. The minimum absolute atomic E-state index is 0.0247. The smallest absolute Gasteiger partial charge is 0.0316 e. The maximum Gasteiger partial charge on any atom is 0.0316 e. The SMILES string of the molecule is CC#CC#CC(C)(C)C(C)(C)C. The van der Waals surface area contributed by atoms with Crippen LogP contribution in [0.2, 0.25) is 0 Å². The van der Waals surface area contributed by atoms with Crippen molar-refractivity contribution in [1.82, 2.24) is 0 Å². The van der Waals surface area contributed by atoms with Gasteiger partial charge in [-0.25, -0.2) is 0 Å². The first-order valence-electron chi connectivity index (χ1n) is 4.25. The number of hydrogen-bond donors (Lipinski definition) is 0. The van der Waals surface area contributed by atoms with Crippen molar-refractivity contribution < 1.29 is 0 Å². The monoisotopic (exact) mass is 162 g/mol. The van der Waals surface area contributed by atoms with Crippen LogP contribution >= 0.6 is 0 Å². The van der Waals surface area contributed by atoms with Gasteiger partial charge in [-0.15, -0.1) is 0 Å². The predicted molar refractivity (Wildman–Crippen MR) is 54.5 cm³/mol. The van der Waals surface area contributed by atoms with E-state index in [1.54, 1.807) is 6.92 Å². The second kappa shape index (κ2) is 3.68. The lowest BCUT2D eigenvalue weighted by Crippen LogP contribution is -2.27. The second-order valence-corrected chi connectivity index (χ2v) is 4.50. The summed E-state index contributed by atoms with van der Waals surface area (Å²) >= 11 is 0. The van der Waals surface area contributed by atoms with Gasteiger partial charge in [0.2, 0.25) is 0 Å². The number of rotatable bonds is 0. The minimum atomic E-state index is 0.0247. The highest BCUT2D eigenvalue weighted by atomic mass is 14.3. The molecule has 0 radical (unpaired) electrons. The molecule has 0 aliphatic heterocycles. The van der Waals surface area contributed by atoms with Crippen molar-refractivity contribution in [3.8, 4) is 23.7 Å². The summed E-state index contributed by atoms with van der Waals surface area (Å²) in [6.07, 6.45) is 0. The molecule has 0 fully saturated rings. The van der Waals surface area contributed by atoms with E-state index in [2.05, 4.69) is 58.3 Å². The van der Waals surface area contributed by atoms with E-state index in [0.717, 1.165) is 0 Å². The van der Waals surface area contributed by atoms with E-state index in [0.29, 0.717) is 0 Å². The molecule has 0 aliphatic carbocycles. The molecule has 0 N–H and O–H groups in total. The molecule has 0 atom stereocenters. The zero-order chi connectivity index (χ0) is 9.83. The van der Waals surface area contributed by atoms with Crippen LogP contribution in [0, 0.1) is 34.5 Å². The quantitative estimate of drug-likeness (QED) is 0.480. The Balaban J connectivity index is 4.64. The molecule has 0 heterocycles. The lowest BCUT2D eigenvalue weighted by Gasteiger charge is -2.33. The minimum Gasteiger partial charge on any atom is -0.0925 e. The summed E-state index contributed by atoms with van der Waals surface area (Å²) in [7, 11) is 0. The zero-order valence-corrected chi connectivity index (χ0v) is 9.00. The van der Waals surface area contributed by atoms with E-state index in [4.69, 9.17) is 0 Å². The molecule has 0 spiro atoms. The third kappa shape index (κ3) is 3.02. The summed E-state index contributed by atoms with van der Waals surface area (Å²) in [4.78, 5) is 0. The summed E-state index contributed by atoms with van der Waals surface area (Å²) in [5.74, 6) is 11.6. The van der Waals surface area contributed by atoms with Crippen molar-refractivity contribution in [3.63, 3.8) is 0 Å². The van der Waals surface area contributed by atoms with Crippen molar-refractivity contribution in [1.29, 1.82) is 0 Å². The van der Waals surface area contributed by atoms with Gasteiger partial charge in [0.15, 0.2) is 0 Å².